The summed E-state index contributed by atoms with van der Waals surface area (Å²) in [6, 6.07) is 18.6. The molecular formula is C30H33F3N4O3. The molecule has 0 bridgehead atoms. The number of rotatable bonds is 6. The van der Waals surface area contributed by atoms with Crippen LogP contribution >= 0.6 is 0 Å². The van der Waals surface area contributed by atoms with Gasteiger partial charge in [0.2, 0.25) is 0 Å². The van der Waals surface area contributed by atoms with Crippen LogP contribution in [0.5, 0.6) is 0 Å². The molecule has 1 aliphatic heterocycles. The number of carbonyl (C=O) groups excluding carboxylic acids is 2. The van der Waals surface area contributed by atoms with E-state index >= 15 is 0 Å². The van der Waals surface area contributed by atoms with E-state index in [1.165, 1.54) is 0 Å². The number of nitrogens with zero attached hydrogens (tertiary/aromatic N) is 3. The lowest BCUT2D eigenvalue weighted by Gasteiger charge is -2.36. The number of benzene rings is 2. The van der Waals surface area contributed by atoms with Crippen LogP contribution in [-0.4, -0.2) is 64.3 Å². The summed E-state index contributed by atoms with van der Waals surface area (Å²) in [5, 5.41) is 3.38. The number of aromatic nitrogens is 2. The zero-order valence-corrected chi connectivity index (χ0v) is 22.4. The van der Waals surface area contributed by atoms with Crippen molar-refractivity contribution < 1.29 is 27.5 Å². The van der Waals surface area contributed by atoms with E-state index < -0.39 is 24.3 Å². The van der Waals surface area contributed by atoms with Crippen LogP contribution in [0.4, 0.5) is 13.2 Å². The lowest BCUT2D eigenvalue weighted by atomic mass is 9.91. The molecule has 0 spiro atoms. The number of ether oxygens (including phenoxy) is 1. The van der Waals surface area contributed by atoms with Crippen LogP contribution in [0.25, 0.3) is 11.3 Å². The van der Waals surface area contributed by atoms with E-state index in [2.05, 4.69) is 5.32 Å². The maximum atomic E-state index is 14.2. The molecule has 2 unspecified atom stereocenters. The second-order valence-electron chi connectivity index (χ2n) is 10.4. The van der Waals surface area contributed by atoms with Gasteiger partial charge in [0.05, 0.1) is 11.7 Å². The maximum Gasteiger partial charge on any atom is 0.490 e. The summed E-state index contributed by atoms with van der Waals surface area (Å²) in [6.45, 7) is 3.54. The molecule has 1 aliphatic carbocycles. The van der Waals surface area contributed by atoms with Gasteiger partial charge in [-0.3, -0.25) is 4.79 Å². The van der Waals surface area contributed by atoms with Crippen molar-refractivity contribution in [2.45, 2.75) is 63.4 Å². The van der Waals surface area contributed by atoms with E-state index in [1.54, 1.807) is 6.92 Å². The fourth-order valence-electron chi connectivity index (χ4n) is 5.92. The van der Waals surface area contributed by atoms with Gasteiger partial charge in [-0.05, 0) is 38.2 Å². The Hall–Kier alpha value is -3.66. The quantitative estimate of drug-likeness (QED) is 0.429. The molecule has 0 radical (unpaired) electrons. The minimum Gasteiger partial charge on any atom is -0.454 e. The van der Waals surface area contributed by atoms with Crippen LogP contribution in [0, 0.1) is 6.92 Å². The zero-order chi connectivity index (χ0) is 28.3. The zero-order valence-electron chi connectivity index (χ0n) is 22.4. The van der Waals surface area contributed by atoms with Gasteiger partial charge in [0.1, 0.15) is 11.9 Å². The number of imidazole rings is 1. The third-order valence-electron chi connectivity index (χ3n) is 7.75. The van der Waals surface area contributed by atoms with Crippen molar-refractivity contribution in [3.8, 4) is 11.3 Å². The number of aryl methyl sites for hydroxylation is 1. The predicted octanol–water partition coefficient (Wildman–Crippen LogP) is 5.10. The van der Waals surface area contributed by atoms with Gasteiger partial charge in [-0.15, -0.1) is 0 Å². The summed E-state index contributed by atoms with van der Waals surface area (Å²) in [5.41, 5.74) is 2.65. The van der Waals surface area contributed by atoms with Crippen molar-refractivity contribution in [2.75, 3.05) is 19.6 Å². The normalized spacial score (nSPS) is 21.7. The first-order valence-corrected chi connectivity index (χ1v) is 13.7. The Morgan fingerprint density at radius 2 is 1.70 bits per heavy atom. The number of halogens is 3. The Morgan fingerprint density at radius 3 is 2.40 bits per heavy atom. The minimum absolute atomic E-state index is 0.0899. The molecule has 3 atom stereocenters. The summed E-state index contributed by atoms with van der Waals surface area (Å²) >= 11 is 0. The highest BCUT2D eigenvalue weighted by atomic mass is 19.4. The second kappa shape index (κ2) is 11.8. The molecular weight excluding hydrogens is 521 g/mol. The van der Waals surface area contributed by atoms with Gasteiger partial charge in [-0.25, -0.2) is 9.78 Å². The molecule has 3 aromatic rings. The first-order valence-electron chi connectivity index (χ1n) is 13.7. The van der Waals surface area contributed by atoms with Gasteiger partial charge in [-0.1, -0.05) is 67.1 Å². The molecule has 7 nitrogen and oxygen atoms in total. The van der Waals surface area contributed by atoms with Crippen LogP contribution in [-0.2, 0) is 16.0 Å². The van der Waals surface area contributed by atoms with Gasteiger partial charge in [0.25, 0.3) is 5.91 Å². The van der Waals surface area contributed by atoms with Gasteiger partial charge < -0.3 is 19.5 Å². The molecule has 10 heteroatoms. The molecule has 2 fully saturated rings. The van der Waals surface area contributed by atoms with Crippen molar-refractivity contribution in [1.29, 1.82) is 0 Å². The number of esters is 1. The summed E-state index contributed by atoms with van der Waals surface area (Å²) in [6.07, 6.45) is -3.16. The Labute approximate surface area is 231 Å². The fraction of sp³-hybridized carbons (Fsp3) is 0.433. The van der Waals surface area contributed by atoms with Gasteiger partial charge in [0.15, 0.2) is 5.69 Å². The van der Waals surface area contributed by atoms with E-state index in [0.29, 0.717) is 56.8 Å². The van der Waals surface area contributed by atoms with Gasteiger partial charge >= 0.3 is 12.1 Å². The van der Waals surface area contributed by atoms with E-state index in [4.69, 9.17) is 9.72 Å². The monoisotopic (exact) mass is 554 g/mol. The average Bonchev–Trinajstić information content (AvgIpc) is 3.30. The molecule has 40 heavy (non-hydrogen) atoms. The number of piperazine rings is 1. The van der Waals surface area contributed by atoms with Crippen molar-refractivity contribution in [3.63, 3.8) is 0 Å². The first kappa shape index (κ1) is 27.9. The smallest absolute Gasteiger partial charge is 0.454 e. The lowest BCUT2D eigenvalue weighted by molar-refractivity contribution is -0.208. The number of carbonyl (C=O) groups is 2. The minimum atomic E-state index is -5.08. The number of hydrogen-bond donors (Lipinski definition) is 1. The van der Waals surface area contributed by atoms with E-state index in [0.717, 1.165) is 17.5 Å². The maximum absolute atomic E-state index is 14.2. The van der Waals surface area contributed by atoms with Gasteiger partial charge in [-0.2, -0.15) is 13.2 Å². The predicted molar refractivity (Wildman–Crippen MR) is 144 cm³/mol. The lowest BCUT2D eigenvalue weighted by Crippen LogP contribution is -2.54. The van der Waals surface area contributed by atoms with Crippen LogP contribution in [0.15, 0.2) is 60.7 Å². The number of alkyl halides is 3. The van der Waals surface area contributed by atoms with Gasteiger partial charge in [0, 0.05) is 31.2 Å². The van der Waals surface area contributed by atoms with E-state index in [9.17, 15) is 22.8 Å². The molecule has 1 saturated carbocycles. The van der Waals surface area contributed by atoms with Crippen LogP contribution in [0.1, 0.15) is 53.6 Å². The average molecular weight is 555 g/mol. The molecule has 212 valence electrons. The van der Waals surface area contributed by atoms with Crippen molar-refractivity contribution >= 4 is 11.9 Å². The molecule has 2 aromatic carbocycles. The number of nitrogens with one attached hydrogen (secondary N) is 1. The number of hydrogen-bond acceptors (Lipinski definition) is 5. The molecule has 1 N–H and O–H groups in total. The first-order chi connectivity index (χ1) is 19.2. The molecule has 1 aromatic heterocycles. The second-order valence-corrected chi connectivity index (χ2v) is 10.4. The highest BCUT2D eigenvalue weighted by Gasteiger charge is 2.45. The molecule has 5 rings (SSSR count). The largest absolute Gasteiger partial charge is 0.490 e. The molecule has 1 saturated heterocycles. The standard InChI is InChI=1S/C30H33F3N4O3/c1-20-35-26(28(38)36-17-16-34-19-23(36)18-21-10-4-2-5-11-21)27(22-12-6-3-7-13-22)37(20)24-14-8-9-15-25(24)40-29(39)30(31,32)33/h2-7,10-13,23-25,34H,8-9,14-19H2,1H3/t23-,24?,25?/m1/s1. The van der Waals surface area contributed by atoms with Crippen LogP contribution in [0.2, 0.25) is 0 Å². The Balaban J connectivity index is 1.54. The van der Waals surface area contributed by atoms with Crippen LogP contribution in [0.3, 0.4) is 0 Å². The topological polar surface area (TPSA) is 76.5 Å². The molecule has 1 amide bonds. The fourth-order valence-corrected chi connectivity index (χ4v) is 5.92. The third-order valence-corrected chi connectivity index (χ3v) is 7.75. The third kappa shape index (κ3) is 5.91. The Kier molecular flexibility index (Phi) is 8.25. The van der Waals surface area contributed by atoms with Crippen molar-refractivity contribution in [2.24, 2.45) is 0 Å². The molecule has 2 heterocycles. The van der Waals surface area contributed by atoms with Crippen molar-refractivity contribution in [3.05, 3.63) is 77.7 Å². The van der Waals surface area contributed by atoms with E-state index in [-0.39, 0.29) is 17.6 Å². The summed E-state index contributed by atoms with van der Waals surface area (Å²) in [5.74, 6) is -1.91. The van der Waals surface area contributed by atoms with E-state index in [1.807, 2.05) is 70.1 Å². The van der Waals surface area contributed by atoms with Crippen molar-refractivity contribution in [1.82, 2.24) is 19.8 Å². The highest BCUT2D eigenvalue weighted by Crippen LogP contribution is 2.38. The SMILES string of the molecule is Cc1nc(C(=O)N2CCNC[C@H]2Cc2ccccc2)c(-c2ccccc2)n1C1CCCCC1OC(=O)C(F)(F)F. The summed E-state index contributed by atoms with van der Waals surface area (Å²) < 4.78 is 46.2. The molecule has 2 aliphatic rings. The summed E-state index contributed by atoms with van der Waals surface area (Å²) in [4.78, 5) is 32.6. The number of amides is 1. The van der Waals surface area contributed by atoms with Crippen LogP contribution < -0.4 is 5.32 Å². The Morgan fingerprint density at radius 1 is 1.02 bits per heavy atom. The summed E-state index contributed by atoms with van der Waals surface area (Å²) in [7, 11) is 0. The highest BCUT2D eigenvalue weighted by molar-refractivity contribution is 5.99. The Bertz CT molecular complexity index is 1330.